The fraction of sp³-hybridized carbons (Fsp3) is 1.00. The Bertz CT molecular complexity index is 341. The van der Waals surface area contributed by atoms with E-state index < -0.39 is 12.6 Å². The van der Waals surface area contributed by atoms with E-state index in [1.165, 1.54) is 12.8 Å². The second-order valence-corrected chi connectivity index (χ2v) is 7.17. The van der Waals surface area contributed by atoms with Crippen molar-refractivity contribution in [3.05, 3.63) is 0 Å². The summed E-state index contributed by atoms with van der Waals surface area (Å²) in [6, 6.07) is 0.410. The second kappa shape index (κ2) is 6.45. The predicted molar refractivity (Wildman–Crippen MR) is 79.2 cm³/mol. The van der Waals surface area contributed by atoms with Crippen LogP contribution in [0.5, 0.6) is 0 Å². The molecule has 1 aliphatic carbocycles. The van der Waals surface area contributed by atoms with Crippen molar-refractivity contribution in [1.82, 2.24) is 10.2 Å². The lowest BCUT2D eigenvalue weighted by atomic mass is 9.86. The second-order valence-electron chi connectivity index (χ2n) is 7.17. The fourth-order valence-electron chi connectivity index (χ4n) is 3.55. The van der Waals surface area contributed by atoms with Crippen molar-refractivity contribution in [3.8, 4) is 0 Å². The summed E-state index contributed by atoms with van der Waals surface area (Å²) in [4.78, 5) is 2.35. The Labute approximate surface area is 126 Å². The smallest absolute Gasteiger partial charge is 0.311 e. The van der Waals surface area contributed by atoms with E-state index in [1.54, 1.807) is 0 Å². The van der Waals surface area contributed by atoms with Crippen LogP contribution in [0.2, 0.25) is 0 Å². The molecule has 0 radical (unpaired) electrons. The van der Waals surface area contributed by atoms with Gasteiger partial charge in [0.25, 0.3) is 0 Å². The highest BCUT2D eigenvalue weighted by Gasteiger charge is 2.48. The zero-order valence-corrected chi connectivity index (χ0v) is 13.5. The van der Waals surface area contributed by atoms with Gasteiger partial charge in [-0.3, -0.25) is 4.90 Å². The number of rotatable bonds is 6. The number of alkyl halides is 3. The monoisotopic (exact) mass is 306 g/mol. The minimum absolute atomic E-state index is 0.0512. The molecule has 2 nitrogen and oxygen atoms in total. The Balaban J connectivity index is 1.96. The molecule has 2 aliphatic rings. The molecule has 1 saturated carbocycles. The summed E-state index contributed by atoms with van der Waals surface area (Å²) in [7, 11) is 0. The molecule has 0 aromatic heterocycles. The van der Waals surface area contributed by atoms with Crippen molar-refractivity contribution >= 4 is 0 Å². The molecule has 124 valence electrons. The van der Waals surface area contributed by atoms with Gasteiger partial charge in [-0.15, -0.1) is 0 Å². The Kier molecular flexibility index (Phi) is 5.24. The number of hydrogen-bond acceptors (Lipinski definition) is 2. The standard InChI is InChI=1S/C16H29F3N2/c1-4-12(2)14-10-21(9-5-8-16(17,18)19)15(3,11-20-14)13-6-7-13/h12-14,20H,4-11H2,1-3H3. The SMILES string of the molecule is CCC(C)C1CN(CCCC(F)(F)F)C(C)(C2CC2)CN1. The van der Waals surface area contributed by atoms with Crippen LogP contribution in [0.15, 0.2) is 0 Å². The van der Waals surface area contributed by atoms with Gasteiger partial charge in [0.05, 0.1) is 0 Å². The quantitative estimate of drug-likeness (QED) is 0.802. The lowest BCUT2D eigenvalue weighted by molar-refractivity contribution is -0.137. The Morgan fingerprint density at radius 1 is 1.33 bits per heavy atom. The molecule has 0 aromatic rings. The minimum Gasteiger partial charge on any atom is -0.311 e. The molecule has 3 unspecified atom stereocenters. The van der Waals surface area contributed by atoms with Gasteiger partial charge in [-0.05, 0) is 44.6 Å². The Morgan fingerprint density at radius 2 is 2.00 bits per heavy atom. The summed E-state index contributed by atoms with van der Waals surface area (Å²) in [6.07, 6.45) is -0.914. The van der Waals surface area contributed by atoms with Gasteiger partial charge < -0.3 is 5.32 Å². The van der Waals surface area contributed by atoms with Crippen molar-refractivity contribution in [2.75, 3.05) is 19.6 Å². The summed E-state index contributed by atoms with van der Waals surface area (Å²) in [6.45, 7) is 9.01. The van der Waals surface area contributed by atoms with Crippen LogP contribution < -0.4 is 5.32 Å². The average Bonchev–Trinajstić information content (AvgIpc) is 3.23. The van der Waals surface area contributed by atoms with Gasteiger partial charge in [0, 0.05) is 31.1 Å². The van der Waals surface area contributed by atoms with Gasteiger partial charge in [0.15, 0.2) is 0 Å². The van der Waals surface area contributed by atoms with Crippen molar-refractivity contribution in [3.63, 3.8) is 0 Å². The van der Waals surface area contributed by atoms with Crippen molar-refractivity contribution < 1.29 is 13.2 Å². The first-order valence-electron chi connectivity index (χ1n) is 8.31. The summed E-state index contributed by atoms with van der Waals surface area (Å²) in [5.41, 5.74) is 0.0512. The number of nitrogens with one attached hydrogen (secondary N) is 1. The summed E-state index contributed by atoms with van der Waals surface area (Å²) < 4.78 is 37.2. The Hall–Kier alpha value is -0.290. The molecular weight excluding hydrogens is 277 g/mol. The van der Waals surface area contributed by atoms with E-state index in [1.807, 2.05) is 0 Å². The highest BCUT2D eigenvalue weighted by Crippen LogP contribution is 2.44. The van der Waals surface area contributed by atoms with Gasteiger partial charge in [-0.2, -0.15) is 13.2 Å². The molecule has 1 N–H and O–H groups in total. The van der Waals surface area contributed by atoms with Crippen molar-refractivity contribution in [1.29, 1.82) is 0 Å². The largest absolute Gasteiger partial charge is 0.389 e. The molecular formula is C16H29F3N2. The molecule has 2 fully saturated rings. The van der Waals surface area contributed by atoms with Crippen LogP contribution in [0.1, 0.15) is 52.9 Å². The number of hydrogen-bond donors (Lipinski definition) is 1. The first-order chi connectivity index (χ1) is 9.76. The minimum atomic E-state index is -4.03. The van der Waals surface area contributed by atoms with Gasteiger partial charge in [0.1, 0.15) is 0 Å². The van der Waals surface area contributed by atoms with Crippen LogP contribution in [0.25, 0.3) is 0 Å². The van der Waals surface area contributed by atoms with E-state index >= 15 is 0 Å². The van der Waals surface area contributed by atoms with E-state index in [0.717, 1.165) is 19.5 Å². The highest BCUT2D eigenvalue weighted by atomic mass is 19.4. The van der Waals surface area contributed by atoms with Crippen LogP contribution in [0.4, 0.5) is 13.2 Å². The van der Waals surface area contributed by atoms with E-state index in [2.05, 4.69) is 31.0 Å². The van der Waals surface area contributed by atoms with E-state index in [-0.39, 0.29) is 12.0 Å². The third-order valence-electron chi connectivity index (χ3n) is 5.54. The Morgan fingerprint density at radius 3 is 2.52 bits per heavy atom. The molecule has 0 spiro atoms. The summed E-state index contributed by atoms with van der Waals surface area (Å²) >= 11 is 0. The topological polar surface area (TPSA) is 15.3 Å². The maximum Gasteiger partial charge on any atom is 0.389 e. The molecule has 1 heterocycles. The molecule has 1 saturated heterocycles. The van der Waals surface area contributed by atoms with Gasteiger partial charge in [-0.1, -0.05) is 20.3 Å². The zero-order chi connectivity index (χ0) is 15.7. The van der Waals surface area contributed by atoms with E-state index in [0.29, 0.717) is 24.4 Å². The maximum absolute atomic E-state index is 12.4. The first-order valence-corrected chi connectivity index (χ1v) is 8.31. The zero-order valence-electron chi connectivity index (χ0n) is 13.5. The summed E-state index contributed by atoms with van der Waals surface area (Å²) in [5, 5.41) is 3.65. The van der Waals surface area contributed by atoms with Crippen molar-refractivity contribution in [2.45, 2.75) is 70.6 Å². The third-order valence-corrected chi connectivity index (χ3v) is 5.54. The van der Waals surface area contributed by atoms with E-state index in [4.69, 9.17) is 0 Å². The number of piperazine rings is 1. The van der Waals surface area contributed by atoms with Gasteiger partial charge >= 0.3 is 6.18 Å². The average molecular weight is 306 g/mol. The maximum atomic E-state index is 12.4. The molecule has 0 amide bonds. The highest BCUT2D eigenvalue weighted by molar-refractivity contribution is 5.05. The normalized spacial score (nSPS) is 33.1. The predicted octanol–water partition coefficient (Wildman–Crippen LogP) is 3.82. The van der Waals surface area contributed by atoms with Crippen LogP contribution in [0.3, 0.4) is 0 Å². The van der Waals surface area contributed by atoms with Crippen LogP contribution in [-0.2, 0) is 0 Å². The number of halogens is 3. The molecule has 2 rings (SSSR count). The molecule has 0 bridgehead atoms. The molecule has 0 aromatic carbocycles. The molecule has 21 heavy (non-hydrogen) atoms. The van der Waals surface area contributed by atoms with Crippen LogP contribution >= 0.6 is 0 Å². The third kappa shape index (κ3) is 4.35. The summed E-state index contributed by atoms with van der Waals surface area (Å²) in [5.74, 6) is 1.23. The van der Waals surface area contributed by atoms with Crippen molar-refractivity contribution in [2.24, 2.45) is 11.8 Å². The number of nitrogens with zero attached hydrogens (tertiary/aromatic N) is 1. The fourth-order valence-corrected chi connectivity index (χ4v) is 3.55. The van der Waals surface area contributed by atoms with Gasteiger partial charge in [0.2, 0.25) is 0 Å². The van der Waals surface area contributed by atoms with Crippen LogP contribution in [-0.4, -0.2) is 42.3 Å². The van der Waals surface area contributed by atoms with E-state index in [9.17, 15) is 13.2 Å². The molecule has 1 aliphatic heterocycles. The van der Waals surface area contributed by atoms with Crippen LogP contribution in [0, 0.1) is 11.8 Å². The van der Waals surface area contributed by atoms with Gasteiger partial charge in [-0.25, -0.2) is 0 Å². The first kappa shape index (κ1) is 17.1. The lowest BCUT2D eigenvalue weighted by Gasteiger charge is -2.50. The lowest BCUT2D eigenvalue weighted by Crippen LogP contribution is -2.65. The molecule has 5 heteroatoms. The molecule has 3 atom stereocenters.